The lowest BCUT2D eigenvalue weighted by Crippen LogP contribution is -2.44. The van der Waals surface area contributed by atoms with Crippen molar-refractivity contribution in [1.29, 1.82) is 0 Å². The van der Waals surface area contributed by atoms with Crippen LogP contribution in [0.25, 0.3) is 11.0 Å². The summed E-state index contributed by atoms with van der Waals surface area (Å²) in [6, 6.07) is 0.516. The highest BCUT2D eigenvalue weighted by Gasteiger charge is 2.23. The average Bonchev–Trinajstić information content (AvgIpc) is 2.99. The second-order valence-electron chi connectivity index (χ2n) is 7.61. The monoisotopic (exact) mass is 357 g/mol. The zero-order valence-corrected chi connectivity index (χ0v) is 16.1. The molecule has 2 N–H and O–H groups in total. The summed E-state index contributed by atoms with van der Waals surface area (Å²) >= 11 is 0. The molecule has 1 aliphatic carbocycles. The van der Waals surface area contributed by atoms with Crippen molar-refractivity contribution in [2.24, 2.45) is 7.05 Å². The van der Waals surface area contributed by atoms with Gasteiger partial charge in [-0.3, -0.25) is 4.68 Å². The second kappa shape index (κ2) is 7.78. The lowest BCUT2D eigenvalue weighted by atomic mass is 9.95. The Morgan fingerprint density at radius 1 is 1.12 bits per heavy atom. The summed E-state index contributed by atoms with van der Waals surface area (Å²) in [6.07, 6.45) is 8.47. The predicted molar refractivity (Wildman–Crippen MR) is 106 cm³/mol. The van der Waals surface area contributed by atoms with E-state index < -0.39 is 0 Å². The first-order valence-electron chi connectivity index (χ1n) is 10.2. The van der Waals surface area contributed by atoms with E-state index in [4.69, 9.17) is 15.1 Å². The summed E-state index contributed by atoms with van der Waals surface area (Å²) in [6.45, 7) is 6.08. The van der Waals surface area contributed by atoms with E-state index in [2.05, 4.69) is 22.5 Å². The Morgan fingerprint density at radius 2 is 1.88 bits per heavy atom. The molecule has 0 spiro atoms. The molecule has 7 heteroatoms. The van der Waals surface area contributed by atoms with E-state index in [0.717, 1.165) is 67.5 Å². The fourth-order valence-corrected chi connectivity index (χ4v) is 4.18. The molecule has 0 bridgehead atoms. The number of hydrogen-bond donors (Lipinski definition) is 2. The zero-order valence-electron chi connectivity index (χ0n) is 16.1. The van der Waals surface area contributed by atoms with Crippen LogP contribution in [0.15, 0.2) is 0 Å². The minimum atomic E-state index is 0.516. The number of nitrogens with zero attached hydrogens (tertiary/aromatic N) is 5. The highest BCUT2D eigenvalue weighted by atomic mass is 15.3. The third kappa shape index (κ3) is 3.49. The van der Waals surface area contributed by atoms with Gasteiger partial charge in [0, 0.05) is 39.3 Å². The fraction of sp³-hybridized carbons (Fsp3) is 0.737. The smallest absolute Gasteiger partial charge is 0.228 e. The number of piperazine rings is 1. The van der Waals surface area contributed by atoms with Gasteiger partial charge in [-0.05, 0) is 19.3 Å². The third-order valence-electron chi connectivity index (χ3n) is 5.57. The van der Waals surface area contributed by atoms with E-state index in [0.29, 0.717) is 6.04 Å². The van der Waals surface area contributed by atoms with Crippen LogP contribution >= 0.6 is 0 Å². The molecule has 0 radical (unpaired) electrons. The molecule has 0 atom stereocenters. The Labute approximate surface area is 155 Å². The molecular formula is C19H31N7. The van der Waals surface area contributed by atoms with Gasteiger partial charge in [0.25, 0.3) is 0 Å². The first kappa shape index (κ1) is 17.5. The van der Waals surface area contributed by atoms with Crippen LogP contribution in [0.4, 0.5) is 11.8 Å². The van der Waals surface area contributed by atoms with E-state index in [1.165, 1.54) is 32.1 Å². The molecule has 0 amide bonds. The molecule has 3 heterocycles. The Hall–Kier alpha value is -1.89. The third-order valence-corrected chi connectivity index (χ3v) is 5.57. The van der Waals surface area contributed by atoms with Crippen molar-refractivity contribution in [1.82, 2.24) is 25.1 Å². The second-order valence-corrected chi connectivity index (χ2v) is 7.61. The van der Waals surface area contributed by atoms with Gasteiger partial charge in [-0.25, -0.2) is 4.98 Å². The van der Waals surface area contributed by atoms with Crippen LogP contribution in [0.1, 0.15) is 51.1 Å². The van der Waals surface area contributed by atoms with Gasteiger partial charge >= 0.3 is 0 Å². The van der Waals surface area contributed by atoms with Crippen LogP contribution in [0.3, 0.4) is 0 Å². The van der Waals surface area contributed by atoms with Gasteiger partial charge < -0.3 is 15.5 Å². The fourth-order valence-electron chi connectivity index (χ4n) is 4.18. The van der Waals surface area contributed by atoms with Crippen molar-refractivity contribution in [3.05, 3.63) is 5.69 Å². The molecule has 0 aromatic carbocycles. The maximum absolute atomic E-state index is 4.97. The summed E-state index contributed by atoms with van der Waals surface area (Å²) in [5.74, 6) is 1.82. The Balaban J connectivity index is 1.75. The number of aromatic nitrogens is 4. The summed E-state index contributed by atoms with van der Waals surface area (Å²) in [5, 5.41) is 11.9. The van der Waals surface area contributed by atoms with Gasteiger partial charge in [0.1, 0.15) is 11.0 Å². The molecule has 1 saturated heterocycles. The summed E-state index contributed by atoms with van der Waals surface area (Å²) < 4.78 is 1.97. The molecule has 7 nitrogen and oxygen atoms in total. The molecule has 4 rings (SSSR count). The van der Waals surface area contributed by atoms with Crippen LogP contribution in [0.5, 0.6) is 0 Å². The lowest BCUT2D eigenvalue weighted by molar-refractivity contribution is 0.462. The van der Waals surface area contributed by atoms with E-state index >= 15 is 0 Å². The largest absolute Gasteiger partial charge is 0.365 e. The quantitative estimate of drug-likeness (QED) is 0.857. The van der Waals surface area contributed by atoms with Crippen LogP contribution in [-0.4, -0.2) is 52.0 Å². The Morgan fingerprint density at radius 3 is 2.62 bits per heavy atom. The van der Waals surface area contributed by atoms with Crippen molar-refractivity contribution in [2.75, 3.05) is 36.4 Å². The van der Waals surface area contributed by atoms with Gasteiger partial charge in [0.05, 0.1) is 5.69 Å². The van der Waals surface area contributed by atoms with Gasteiger partial charge in [-0.1, -0.05) is 32.6 Å². The van der Waals surface area contributed by atoms with Gasteiger partial charge in [-0.15, -0.1) is 0 Å². The topological polar surface area (TPSA) is 70.9 Å². The normalized spacial score (nSPS) is 19.2. The van der Waals surface area contributed by atoms with Crippen molar-refractivity contribution in [3.63, 3.8) is 0 Å². The zero-order chi connectivity index (χ0) is 17.9. The van der Waals surface area contributed by atoms with Crippen LogP contribution in [0, 0.1) is 0 Å². The van der Waals surface area contributed by atoms with E-state index in [9.17, 15) is 0 Å². The maximum Gasteiger partial charge on any atom is 0.228 e. The average molecular weight is 358 g/mol. The number of anilines is 2. The molecule has 26 heavy (non-hydrogen) atoms. The minimum Gasteiger partial charge on any atom is -0.365 e. The highest BCUT2D eigenvalue weighted by molar-refractivity contribution is 5.89. The van der Waals surface area contributed by atoms with Gasteiger partial charge in [-0.2, -0.15) is 10.1 Å². The van der Waals surface area contributed by atoms with E-state index in [1.807, 2.05) is 11.7 Å². The molecule has 2 fully saturated rings. The number of rotatable bonds is 5. The van der Waals surface area contributed by atoms with Crippen LogP contribution < -0.4 is 15.5 Å². The van der Waals surface area contributed by atoms with E-state index in [1.54, 1.807) is 0 Å². The molecule has 2 aromatic rings. The van der Waals surface area contributed by atoms with Crippen molar-refractivity contribution < 1.29 is 0 Å². The van der Waals surface area contributed by atoms with Crippen molar-refractivity contribution >= 4 is 22.8 Å². The van der Waals surface area contributed by atoms with E-state index in [-0.39, 0.29) is 0 Å². The summed E-state index contributed by atoms with van der Waals surface area (Å²) in [7, 11) is 2.02. The Kier molecular flexibility index (Phi) is 5.24. The SMILES string of the molecule is CCCc1nn(C)c2c(NC3CCCCC3)nc(N3CCNCC3)nc12. The molecule has 2 aliphatic rings. The van der Waals surface area contributed by atoms with Crippen LogP contribution in [0.2, 0.25) is 0 Å². The minimum absolute atomic E-state index is 0.516. The summed E-state index contributed by atoms with van der Waals surface area (Å²) in [4.78, 5) is 12.2. The molecule has 2 aromatic heterocycles. The van der Waals surface area contributed by atoms with Crippen LogP contribution in [-0.2, 0) is 13.5 Å². The summed E-state index contributed by atoms with van der Waals surface area (Å²) in [5.41, 5.74) is 3.17. The molecule has 1 aliphatic heterocycles. The lowest BCUT2D eigenvalue weighted by Gasteiger charge is -2.28. The molecular weight excluding hydrogens is 326 g/mol. The predicted octanol–water partition coefficient (Wildman–Crippen LogP) is 2.47. The standard InChI is InChI=1S/C19H31N7/c1-3-7-15-16-17(25(2)24-15)18(21-14-8-5-4-6-9-14)23-19(22-16)26-12-10-20-11-13-26/h14,20H,3-13H2,1-2H3,(H,21,22,23). The molecule has 0 unspecified atom stereocenters. The van der Waals surface area contributed by atoms with Gasteiger partial charge in [0.2, 0.25) is 5.95 Å². The Bertz CT molecular complexity index is 742. The first-order chi connectivity index (χ1) is 12.8. The first-order valence-corrected chi connectivity index (χ1v) is 10.2. The highest BCUT2D eigenvalue weighted by Crippen LogP contribution is 2.29. The maximum atomic E-state index is 4.97. The molecule has 1 saturated carbocycles. The number of hydrogen-bond acceptors (Lipinski definition) is 6. The number of fused-ring (bicyclic) bond motifs is 1. The van der Waals surface area contributed by atoms with Crippen molar-refractivity contribution in [3.8, 4) is 0 Å². The van der Waals surface area contributed by atoms with Crippen molar-refractivity contribution in [2.45, 2.75) is 57.9 Å². The van der Waals surface area contributed by atoms with Gasteiger partial charge in [0.15, 0.2) is 5.82 Å². The molecule has 142 valence electrons. The number of nitrogens with one attached hydrogen (secondary N) is 2. The number of aryl methyl sites for hydroxylation is 2.